The molecule has 1 heterocycles. The molecule has 1 aromatic rings. The molecular formula is C14H17ClN2O3. The van der Waals surface area contributed by atoms with E-state index in [1.54, 1.807) is 17.0 Å². The van der Waals surface area contributed by atoms with E-state index in [0.29, 0.717) is 31.3 Å². The highest BCUT2D eigenvalue weighted by Gasteiger charge is 2.17. The number of benzene rings is 1. The van der Waals surface area contributed by atoms with Crippen LogP contribution in [0.25, 0.3) is 0 Å². The molecule has 0 spiro atoms. The Morgan fingerprint density at radius 2 is 1.95 bits per heavy atom. The number of ether oxygens (including phenoxy) is 1. The van der Waals surface area contributed by atoms with Gasteiger partial charge in [-0.1, -0.05) is 29.8 Å². The van der Waals surface area contributed by atoms with Crippen LogP contribution in [0.3, 0.4) is 0 Å². The van der Waals surface area contributed by atoms with Crippen molar-refractivity contribution >= 4 is 23.4 Å². The van der Waals surface area contributed by atoms with Crippen molar-refractivity contribution in [2.75, 3.05) is 32.8 Å². The molecule has 1 aliphatic rings. The molecular weight excluding hydrogens is 280 g/mol. The number of carbonyl (C=O) groups is 2. The zero-order valence-electron chi connectivity index (χ0n) is 11.1. The lowest BCUT2D eigenvalue weighted by molar-refractivity contribution is -0.136. The maximum atomic E-state index is 11.9. The minimum atomic E-state index is -0.209. The van der Waals surface area contributed by atoms with Crippen LogP contribution in [0.2, 0.25) is 5.02 Å². The third-order valence-electron chi connectivity index (χ3n) is 3.11. The molecule has 1 fully saturated rings. The third-order valence-corrected chi connectivity index (χ3v) is 3.48. The molecule has 0 radical (unpaired) electrons. The predicted molar refractivity (Wildman–Crippen MR) is 75.6 cm³/mol. The topological polar surface area (TPSA) is 58.6 Å². The molecule has 5 nitrogen and oxygen atoms in total. The Hall–Kier alpha value is -1.59. The van der Waals surface area contributed by atoms with Crippen molar-refractivity contribution in [3.8, 4) is 0 Å². The first-order valence-corrected chi connectivity index (χ1v) is 6.90. The second-order valence-electron chi connectivity index (χ2n) is 4.54. The van der Waals surface area contributed by atoms with Crippen molar-refractivity contribution < 1.29 is 14.3 Å². The van der Waals surface area contributed by atoms with Gasteiger partial charge in [-0.25, -0.2) is 0 Å². The molecule has 1 aliphatic heterocycles. The summed E-state index contributed by atoms with van der Waals surface area (Å²) in [6, 6.07) is 7.17. The monoisotopic (exact) mass is 296 g/mol. The highest BCUT2D eigenvalue weighted by molar-refractivity contribution is 6.31. The van der Waals surface area contributed by atoms with Crippen LogP contribution >= 0.6 is 11.6 Å². The number of nitrogens with zero attached hydrogens (tertiary/aromatic N) is 1. The number of halogens is 1. The van der Waals surface area contributed by atoms with Gasteiger partial charge >= 0.3 is 0 Å². The zero-order valence-corrected chi connectivity index (χ0v) is 11.9. The van der Waals surface area contributed by atoms with Gasteiger partial charge in [0.25, 0.3) is 0 Å². The predicted octanol–water partition coefficient (Wildman–Crippen LogP) is 0.857. The first-order valence-electron chi connectivity index (χ1n) is 6.52. The van der Waals surface area contributed by atoms with E-state index in [4.69, 9.17) is 16.3 Å². The fourth-order valence-corrected chi connectivity index (χ4v) is 2.18. The molecule has 1 aromatic carbocycles. The number of morpholine rings is 1. The Morgan fingerprint density at radius 1 is 1.25 bits per heavy atom. The summed E-state index contributed by atoms with van der Waals surface area (Å²) in [6.07, 6.45) is 0.177. The van der Waals surface area contributed by atoms with E-state index in [0.717, 1.165) is 5.56 Å². The molecule has 108 valence electrons. The summed E-state index contributed by atoms with van der Waals surface area (Å²) in [5.74, 6) is -0.291. The van der Waals surface area contributed by atoms with Crippen molar-refractivity contribution in [3.05, 3.63) is 34.9 Å². The summed E-state index contributed by atoms with van der Waals surface area (Å²) in [6.45, 7) is 2.29. The second kappa shape index (κ2) is 7.26. The number of hydrogen-bond donors (Lipinski definition) is 1. The van der Waals surface area contributed by atoms with Crippen molar-refractivity contribution in [1.29, 1.82) is 0 Å². The number of rotatable bonds is 4. The van der Waals surface area contributed by atoms with Crippen LogP contribution in [0.4, 0.5) is 0 Å². The number of hydrogen-bond acceptors (Lipinski definition) is 3. The summed E-state index contributed by atoms with van der Waals surface area (Å²) < 4.78 is 5.17. The fraction of sp³-hybridized carbons (Fsp3) is 0.429. The van der Waals surface area contributed by atoms with Crippen LogP contribution in [0, 0.1) is 0 Å². The van der Waals surface area contributed by atoms with Gasteiger partial charge in [-0.3, -0.25) is 9.59 Å². The van der Waals surface area contributed by atoms with Gasteiger partial charge < -0.3 is 15.0 Å². The van der Waals surface area contributed by atoms with Crippen molar-refractivity contribution in [1.82, 2.24) is 10.2 Å². The average Bonchev–Trinajstić information content (AvgIpc) is 2.48. The average molecular weight is 297 g/mol. The van der Waals surface area contributed by atoms with E-state index in [9.17, 15) is 9.59 Å². The Bertz CT molecular complexity index is 487. The lowest BCUT2D eigenvalue weighted by atomic mass is 10.1. The lowest BCUT2D eigenvalue weighted by Crippen LogP contribution is -2.45. The zero-order chi connectivity index (χ0) is 14.4. The molecule has 1 saturated heterocycles. The highest BCUT2D eigenvalue weighted by Crippen LogP contribution is 2.15. The SMILES string of the molecule is O=C(Cc1ccccc1Cl)NCC(=O)N1CCOCC1. The van der Waals surface area contributed by atoms with Crippen LogP contribution < -0.4 is 5.32 Å². The van der Waals surface area contributed by atoms with Crippen molar-refractivity contribution in [2.45, 2.75) is 6.42 Å². The fourth-order valence-electron chi connectivity index (χ4n) is 1.98. The van der Waals surface area contributed by atoms with Gasteiger partial charge in [0.05, 0.1) is 26.2 Å². The number of amides is 2. The van der Waals surface area contributed by atoms with E-state index < -0.39 is 0 Å². The molecule has 2 amide bonds. The van der Waals surface area contributed by atoms with E-state index in [1.165, 1.54) is 0 Å². The number of carbonyl (C=O) groups excluding carboxylic acids is 2. The summed E-state index contributed by atoms with van der Waals surface area (Å²) in [5, 5.41) is 3.18. The van der Waals surface area contributed by atoms with Gasteiger partial charge in [-0.05, 0) is 11.6 Å². The molecule has 0 aromatic heterocycles. The minimum Gasteiger partial charge on any atom is -0.378 e. The van der Waals surface area contributed by atoms with Gasteiger partial charge in [0, 0.05) is 18.1 Å². The van der Waals surface area contributed by atoms with Gasteiger partial charge in [-0.15, -0.1) is 0 Å². The Balaban J connectivity index is 1.77. The standard InChI is InChI=1S/C14H17ClN2O3/c15-12-4-2-1-3-11(12)9-13(18)16-10-14(19)17-5-7-20-8-6-17/h1-4H,5-10H2,(H,16,18). The maximum absolute atomic E-state index is 11.9. The molecule has 0 bridgehead atoms. The quantitative estimate of drug-likeness (QED) is 0.896. The normalized spacial score (nSPS) is 14.9. The summed E-state index contributed by atoms with van der Waals surface area (Å²) in [7, 11) is 0. The lowest BCUT2D eigenvalue weighted by Gasteiger charge is -2.26. The van der Waals surface area contributed by atoms with Gasteiger partial charge in [0.1, 0.15) is 0 Å². The Kier molecular flexibility index (Phi) is 5.38. The highest BCUT2D eigenvalue weighted by atomic mass is 35.5. The van der Waals surface area contributed by atoms with E-state index >= 15 is 0 Å². The molecule has 20 heavy (non-hydrogen) atoms. The van der Waals surface area contributed by atoms with Crippen LogP contribution in [0.15, 0.2) is 24.3 Å². The van der Waals surface area contributed by atoms with Crippen LogP contribution in [0.5, 0.6) is 0 Å². The van der Waals surface area contributed by atoms with E-state index in [1.807, 2.05) is 12.1 Å². The molecule has 2 rings (SSSR count). The van der Waals surface area contributed by atoms with Gasteiger partial charge in [-0.2, -0.15) is 0 Å². The minimum absolute atomic E-state index is 0.0171. The second-order valence-corrected chi connectivity index (χ2v) is 4.95. The van der Waals surface area contributed by atoms with E-state index in [-0.39, 0.29) is 24.8 Å². The van der Waals surface area contributed by atoms with Crippen molar-refractivity contribution in [3.63, 3.8) is 0 Å². The van der Waals surface area contributed by atoms with Gasteiger partial charge in [0.15, 0.2) is 0 Å². The van der Waals surface area contributed by atoms with Crippen LogP contribution in [-0.2, 0) is 20.7 Å². The Morgan fingerprint density at radius 3 is 2.65 bits per heavy atom. The molecule has 0 aliphatic carbocycles. The molecule has 6 heteroatoms. The molecule has 0 saturated carbocycles. The van der Waals surface area contributed by atoms with Crippen LogP contribution in [0.1, 0.15) is 5.56 Å². The number of nitrogens with one attached hydrogen (secondary N) is 1. The van der Waals surface area contributed by atoms with Crippen LogP contribution in [-0.4, -0.2) is 49.6 Å². The van der Waals surface area contributed by atoms with Crippen molar-refractivity contribution in [2.24, 2.45) is 0 Å². The summed E-state index contributed by atoms with van der Waals surface area (Å²) in [4.78, 5) is 25.3. The first kappa shape index (κ1) is 14.8. The van der Waals surface area contributed by atoms with Gasteiger partial charge in [0.2, 0.25) is 11.8 Å². The molecule has 0 atom stereocenters. The smallest absolute Gasteiger partial charge is 0.242 e. The maximum Gasteiger partial charge on any atom is 0.242 e. The third kappa shape index (κ3) is 4.21. The summed E-state index contributed by atoms with van der Waals surface area (Å²) in [5.41, 5.74) is 0.755. The largest absolute Gasteiger partial charge is 0.378 e. The Labute approximate surface area is 122 Å². The first-order chi connectivity index (χ1) is 9.66. The van der Waals surface area contributed by atoms with E-state index in [2.05, 4.69) is 5.32 Å². The summed E-state index contributed by atoms with van der Waals surface area (Å²) >= 11 is 5.98. The molecule has 0 unspecified atom stereocenters. The molecule has 1 N–H and O–H groups in total.